The highest BCUT2D eigenvalue weighted by Crippen LogP contribution is 2.31. The Kier molecular flexibility index (Phi) is 7.82. The van der Waals surface area contributed by atoms with Crippen molar-refractivity contribution in [1.29, 1.82) is 0 Å². The van der Waals surface area contributed by atoms with Gasteiger partial charge in [-0.1, -0.05) is 23.2 Å². The van der Waals surface area contributed by atoms with Crippen LogP contribution in [-0.2, 0) is 14.8 Å². The number of hydrogen-bond acceptors (Lipinski definition) is 5. The maximum absolute atomic E-state index is 13.1. The lowest BCUT2D eigenvalue weighted by Gasteiger charge is -2.28. The largest absolute Gasteiger partial charge is 0.379 e. The van der Waals surface area contributed by atoms with Crippen molar-refractivity contribution >= 4 is 50.5 Å². The normalized spacial score (nSPS) is 15.0. The molecule has 0 atom stereocenters. The molecule has 168 valence electrons. The minimum atomic E-state index is -3.71. The van der Waals surface area contributed by atoms with Crippen LogP contribution >= 0.6 is 23.2 Å². The van der Waals surface area contributed by atoms with Gasteiger partial charge in [0.2, 0.25) is 10.0 Å². The molecule has 1 amide bonds. The second kappa shape index (κ2) is 10.2. The Morgan fingerprint density at radius 3 is 2.35 bits per heavy atom. The number of nitrogens with one attached hydrogen (secondary N) is 1. The molecule has 31 heavy (non-hydrogen) atoms. The first kappa shape index (κ1) is 23.8. The highest BCUT2D eigenvalue weighted by atomic mass is 35.5. The summed E-state index contributed by atoms with van der Waals surface area (Å²) < 4.78 is 32.9. The quantitative estimate of drug-likeness (QED) is 0.637. The first-order chi connectivity index (χ1) is 14.8. The van der Waals surface area contributed by atoms with Crippen LogP contribution in [0.2, 0.25) is 10.0 Å². The topological polar surface area (TPSA) is 79.0 Å². The minimum absolute atomic E-state index is 0.120. The van der Waals surface area contributed by atoms with Crippen LogP contribution < -0.4 is 10.2 Å². The van der Waals surface area contributed by atoms with Crippen molar-refractivity contribution in [3.63, 3.8) is 0 Å². The fourth-order valence-electron chi connectivity index (χ4n) is 3.38. The molecule has 1 aliphatic rings. The molecule has 0 aliphatic carbocycles. The molecule has 0 saturated carbocycles. The zero-order valence-corrected chi connectivity index (χ0v) is 19.7. The van der Waals surface area contributed by atoms with Gasteiger partial charge in [0.1, 0.15) is 0 Å². The standard InChI is InChI=1S/C21H25Cl2N3O4S/c1-3-25(4-2)20-8-6-16(31(28,29)26-9-11-30-12-10-26)14-19(20)24-21(27)15-5-7-17(22)18(23)13-15/h5-8,13-14H,3-4,9-12H2,1-2H3,(H,24,27). The van der Waals surface area contributed by atoms with Crippen molar-refractivity contribution < 1.29 is 17.9 Å². The molecule has 1 saturated heterocycles. The summed E-state index contributed by atoms with van der Waals surface area (Å²) in [7, 11) is -3.71. The fraction of sp³-hybridized carbons (Fsp3) is 0.381. The molecular weight excluding hydrogens is 461 g/mol. The summed E-state index contributed by atoms with van der Waals surface area (Å²) in [6.45, 7) is 6.69. The molecule has 2 aromatic carbocycles. The van der Waals surface area contributed by atoms with E-state index in [1.54, 1.807) is 24.3 Å². The molecule has 0 unspecified atom stereocenters. The molecule has 0 radical (unpaired) electrons. The zero-order valence-electron chi connectivity index (χ0n) is 17.4. The average molecular weight is 486 g/mol. The van der Waals surface area contributed by atoms with Gasteiger partial charge in [-0.2, -0.15) is 4.31 Å². The average Bonchev–Trinajstić information content (AvgIpc) is 2.77. The van der Waals surface area contributed by atoms with Crippen LogP contribution in [0.3, 0.4) is 0 Å². The van der Waals surface area contributed by atoms with Crippen molar-refractivity contribution in [1.82, 2.24) is 4.31 Å². The number of benzene rings is 2. The fourth-order valence-corrected chi connectivity index (χ4v) is 5.12. The number of nitrogens with zero attached hydrogens (tertiary/aromatic N) is 2. The van der Waals surface area contributed by atoms with Gasteiger partial charge in [0.05, 0.1) is 39.5 Å². The van der Waals surface area contributed by atoms with Gasteiger partial charge in [0.25, 0.3) is 5.91 Å². The number of halogens is 2. The molecule has 0 aromatic heterocycles. The second-order valence-electron chi connectivity index (χ2n) is 6.95. The molecule has 1 heterocycles. The summed E-state index contributed by atoms with van der Waals surface area (Å²) in [5.41, 5.74) is 1.47. The Labute approximate surface area is 192 Å². The monoisotopic (exact) mass is 485 g/mol. The predicted molar refractivity (Wildman–Crippen MR) is 124 cm³/mol. The van der Waals surface area contributed by atoms with E-state index in [9.17, 15) is 13.2 Å². The third kappa shape index (κ3) is 5.32. The van der Waals surface area contributed by atoms with Crippen LogP contribution in [0.15, 0.2) is 41.3 Å². The summed E-state index contributed by atoms with van der Waals surface area (Å²) in [6, 6.07) is 9.40. The van der Waals surface area contributed by atoms with Crippen molar-refractivity contribution in [2.75, 3.05) is 49.6 Å². The van der Waals surface area contributed by atoms with E-state index < -0.39 is 15.9 Å². The van der Waals surface area contributed by atoms with Gasteiger partial charge in [0, 0.05) is 31.7 Å². The third-order valence-electron chi connectivity index (χ3n) is 5.11. The van der Waals surface area contributed by atoms with Gasteiger partial charge >= 0.3 is 0 Å². The molecule has 0 spiro atoms. The van der Waals surface area contributed by atoms with Crippen LogP contribution in [0, 0.1) is 0 Å². The molecule has 1 fully saturated rings. The Bertz CT molecular complexity index is 1050. The van der Waals surface area contributed by atoms with Gasteiger partial charge in [-0.05, 0) is 50.2 Å². The Hall–Kier alpha value is -1.84. The molecule has 1 N–H and O–H groups in total. The summed E-state index contributed by atoms with van der Waals surface area (Å²) in [4.78, 5) is 15.0. The van der Waals surface area contributed by atoms with E-state index in [0.29, 0.717) is 55.7 Å². The molecule has 10 heteroatoms. The Morgan fingerprint density at radius 2 is 1.74 bits per heavy atom. The van der Waals surface area contributed by atoms with Crippen LogP contribution in [-0.4, -0.2) is 58.0 Å². The van der Waals surface area contributed by atoms with Crippen LogP contribution in [0.5, 0.6) is 0 Å². The summed E-state index contributed by atoms with van der Waals surface area (Å²) >= 11 is 12.0. The summed E-state index contributed by atoms with van der Waals surface area (Å²) in [5.74, 6) is -0.409. The number of sulfonamides is 1. The molecule has 1 aliphatic heterocycles. The first-order valence-electron chi connectivity index (χ1n) is 10.0. The van der Waals surface area contributed by atoms with E-state index >= 15 is 0 Å². The third-order valence-corrected chi connectivity index (χ3v) is 7.74. The lowest BCUT2D eigenvalue weighted by atomic mass is 10.2. The van der Waals surface area contributed by atoms with Gasteiger partial charge < -0.3 is 15.0 Å². The summed E-state index contributed by atoms with van der Waals surface area (Å²) in [5, 5.41) is 3.46. The second-order valence-corrected chi connectivity index (χ2v) is 9.70. The van der Waals surface area contributed by atoms with Crippen molar-refractivity contribution in [3.05, 3.63) is 52.0 Å². The van der Waals surface area contributed by atoms with Gasteiger partial charge in [-0.15, -0.1) is 0 Å². The van der Waals surface area contributed by atoms with E-state index in [1.807, 2.05) is 18.7 Å². The van der Waals surface area contributed by atoms with Crippen molar-refractivity contribution in [3.8, 4) is 0 Å². The number of rotatable bonds is 7. The minimum Gasteiger partial charge on any atom is -0.379 e. The number of ether oxygens (including phenoxy) is 1. The lowest BCUT2D eigenvalue weighted by Crippen LogP contribution is -2.40. The van der Waals surface area contributed by atoms with Crippen LogP contribution in [0.1, 0.15) is 24.2 Å². The zero-order chi connectivity index (χ0) is 22.6. The van der Waals surface area contributed by atoms with E-state index in [-0.39, 0.29) is 9.92 Å². The van der Waals surface area contributed by atoms with Crippen LogP contribution in [0.4, 0.5) is 11.4 Å². The lowest BCUT2D eigenvalue weighted by molar-refractivity contribution is 0.0730. The smallest absolute Gasteiger partial charge is 0.255 e. The van der Waals surface area contributed by atoms with E-state index in [1.165, 1.54) is 16.4 Å². The van der Waals surface area contributed by atoms with E-state index in [4.69, 9.17) is 27.9 Å². The highest BCUT2D eigenvalue weighted by molar-refractivity contribution is 7.89. The first-order valence-corrected chi connectivity index (χ1v) is 12.2. The Balaban J connectivity index is 1.99. The molecule has 2 aromatic rings. The predicted octanol–water partition coefficient (Wildman–Crippen LogP) is 4.11. The van der Waals surface area contributed by atoms with Crippen molar-refractivity contribution in [2.24, 2.45) is 0 Å². The van der Waals surface area contributed by atoms with E-state index in [2.05, 4.69) is 5.32 Å². The number of carbonyl (C=O) groups is 1. The maximum atomic E-state index is 13.1. The molecule has 7 nitrogen and oxygen atoms in total. The van der Waals surface area contributed by atoms with Gasteiger partial charge in [-0.25, -0.2) is 8.42 Å². The SMILES string of the molecule is CCN(CC)c1ccc(S(=O)(=O)N2CCOCC2)cc1NC(=O)c1ccc(Cl)c(Cl)c1. The molecule has 0 bridgehead atoms. The number of amides is 1. The van der Waals surface area contributed by atoms with Gasteiger partial charge in [0.15, 0.2) is 0 Å². The highest BCUT2D eigenvalue weighted by Gasteiger charge is 2.27. The number of anilines is 2. The number of carbonyl (C=O) groups excluding carboxylic acids is 1. The summed E-state index contributed by atoms with van der Waals surface area (Å²) in [6.07, 6.45) is 0. The van der Waals surface area contributed by atoms with Crippen molar-refractivity contribution in [2.45, 2.75) is 18.7 Å². The van der Waals surface area contributed by atoms with Gasteiger partial charge in [-0.3, -0.25) is 4.79 Å². The number of hydrogen-bond donors (Lipinski definition) is 1. The molecular formula is C21H25Cl2N3O4S. The Morgan fingerprint density at radius 1 is 1.06 bits per heavy atom. The molecule has 3 rings (SSSR count). The maximum Gasteiger partial charge on any atom is 0.255 e. The van der Waals surface area contributed by atoms with Crippen LogP contribution in [0.25, 0.3) is 0 Å². The van der Waals surface area contributed by atoms with E-state index in [0.717, 1.165) is 5.69 Å². The number of morpholine rings is 1.